The van der Waals surface area contributed by atoms with Gasteiger partial charge < -0.3 is 9.64 Å². The predicted molar refractivity (Wildman–Crippen MR) is 69.2 cm³/mol. The van der Waals surface area contributed by atoms with Gasteiger partial charge in [0.25, 0.3) is 0 Å². The molecule has 0 heterocycles. The molecule has 0 aliphatic rings. The summed E-state index contributed by atoms with van der Waals surface area (Å²) in [5, 5.41) is 0. The molecule has 4 heteroatoms. The molecule has 0 fully saturated rings. The average molecular weight is 286 g/mol. The van der Waals surface area contributed by atoms with Gasteiger partial charge in [0.1, 0.15) is 4.83 Å². The van der Waals surface area contributed by atoms with E-state index >= 15 is 0 Å². The van der Waals surface area contributed by atoms with Crippen molar-refractivity contribution in [2.45, 2.75) is 11.8 Å². The maximum Gasteiger partial charge on any atom is 0.321 e. The van der Waals surface area contributed by atoms with Gasteiger partial charge in [-0.2, -0.15) is 0 Å². The zero-order valence-electron chi connectivity index (χ0n) is 9.74. The SMILES string of the molecule is COC(=O)C(Br)CN(C)c1cccc(C)c1. The Kier molecular flexibility index (Phi) is 4.80. The van der Waals surface area contributed by atoms with Crippen LogP contribution in [0.1, 0.15) is 5.56 Å². The summed E-state index contributed by atoms with van der Waals surface area (Å²) in [6, 6.07) is 8.15. The van der Waals surface area contributed by atoms with Gasteiger partial charge in [-0.3, -0.25) is 4.79 Å². The van der Waals surface area contributed by atoms with E-state index in [4.69, 9.17) is 0 Å². The number of hydrogen-bond acceptors (Lipinski definition) is 3. The molecule has 0 N–H and O–H groups in total. The fraction of sp³-hybridized carbons (Fsp3) is 0.417. The lowest BCUT2D eigenvalue weighted by Gasteiger charge is -2.21. The number of rotatable bonds is 4. The highest BCUT2D eigenvalue weighted by Gasteiger charge is 2.17. The zero-order chi connectivity index (χ0) is 12.1. The summed E-state index contributed by atoms with van der Waals surface area (Å²) in [7, 11) is 3.34. The number of esters is 1. The maximum atomic E-state index is 11.2. The Hall–Kier alpha value is -1.03. The second-order valence-electron chi connectivity index (χ2n) is 3.71. The summed E-state index contributed by atoms with van der Waals surface area (Å²) in [6.07, 6.45) is 0. The minimum atomic E-state index is -0.303. The molecule has 1 aromatic carbocycles. The topological polar surface area (TPSA) is 29.5 Å². The second kappa shape index (κ2) is 5.89. The smallest absolute Gasteiger partial charge is 0.321 e. The number of aryl methyl sites for hydroxylation is 1. The summed E-state index contributed by atoms with van der Waals surface area (Å²) < 4.78 is 4.66. The van der Waals surface area contributed by atoms with Gasteiger partial charge in [-0.1, -0.05) is 28.1 Å². The molecule has 0 radical (unpaired) electrons. The Morgan fingerprint density at radius 3 is 2.81 bits per heavy atom. The van der Waals surface area contributed by atoms with Crippen molar-refractivity contribution in [3.63, 3.8) is 0 Å². The third-order valence-corrected chi connectivity index (χ3v) is 3.00. The standard InChI is InChI=1S/C12H16BrNO2/c1-9-5-4-6-10(7-9)14(2)8-11(13)12(15)16-3/h4-7,11H,8H2,1-3H3. The summed E-state index contributed by atoms with van der Waals surface area (Å²) in [5.41, 5.74) is 2.29. The molecular formula is C12H16BrNO2. The normalized spacial score (nSPS) is 12.0. The van der Waals surface area contributed by atoms with E-state index < -0.39 is 0 Å². The van der Waals surface area contributed by atoms with Crippen LogP contribution >= 0.6 is 15.9 Å². The molecule has 0 saturated heterocycles. The number of nitrogens with zero attached hydrogens (tertiary/aromatic N) is 1. The third kappa shape index (κ3) is 3.52. The minimum absolute atomic E-state index is 0.250. The fourth-order valence-corrected chi connectivity index (χ4v) is 2.03. The van der Waals surface area contributed by atoms with Crippen LogP contribution in [0, 0.1) is 6.92 Å². The highest BCUT2D eigenvalue weighted by atomic mass is 79.9. The van der Waals surface area contributed by atoms with E-state index in [0.29, 0.717) is 6.54 Å². The van der Waals surface area contributed by atoms with Crippen molar-refractivity contribution in [3.05, 3.63) is 29.8 Å². The van der Waals surface area contributed by atoms with Crippen molar-refractivity contribution >= 4 is 27.6 Å². The quantitative estimate of drug-likeness (QED) is 0.628. The van der Waals surface area contributed by atoms with Crippen molar-refractivity contribution in [1.29, 1.82) is 0 Å². The number of carbonyl (C=O) groups is 1. The predicted octanol–water partition coefficient (Wildman–Crippen LogP) is 2.37. The van der Waals surface area contributed by atoms with E-state index in [1.807, 2.05) is 37.1 Å². The first-order valence-electron chi connectivity index (χ1n) is 5.04. The molecule has 0 bridgehead atoms. The molecule has 0 aromatic heterocycles. The molecule has 0 saturated carbocycles. The summed E-state index contributed by atoms with van der Waals surface area (Å²) in [5.74, 6) is -0.250. The Morgan fingerprint density at radius 1 is 1.56 bits per heavy atom. The van der Waals surface area contributed by atoms with Crippen LogP contribution in [-0.4, -0.2) is 31.5 Å². The van der Waals surface area contributed by atoms with Crippen molar-refractivity contribution in [1.82, 2.24) is 0 Å². The minimum Gasteiger partial charge on any atom is -0.468 e. The van der Waals surface area contributed by atoms with Gasteiger partial charge in [-0.05, 0) is 24.6 Å². The Morgan fingerprint density at radius 2 is 2.25 bits per heavy atom. The van der Waals surface area contributed by atoms with E-state index in [-0.39, 0.29) is 10.8 Å². The lowest BCUT2D eigenvalue weighted by atomic mass is 10.2. The van der Waals surface area contributed by atoms with Gasteiger partial charge in [-0.15, -0.1) is 0 Å². The number of methoxy groups -OCH3 is 1. The molecule has 88 valence electrons. The molecular weight excluding hydrogens is 270 g/mol. The maximum absolute atomic E-state index is 11.2. The fourth-order valence-electron chi connectivity index (χ4n) is 1.41. The van der Waals surface area contributed by atoms with E-state index in [1.165, 1.54) is 12.7 Å². The highest BCUT2D eigenvalue weighted by Crippen LogP contribution is 2.16. The number of anilines is 1. The lowest BCUT2D eigenvalue weighted by molar-refractivity contribution is -0.139. The molecule has 0 amide bonds. The number of alkyl halides is 1. The van der Waals surface area contributed by atoms with Crippen LogP contribution < -0.4 is 4.90 Å². The number of ether oxygens (including phenoxy) is 1. The van der Waals surface area contributed by atoms with Crippen LogP contribution in [0.4, 0.5) is 5.69 Å². The monoisotopic (exact) mass is 285 g/mol. The molecule has 16 heavy (non-hydrogen) atoms. The Bertz CT molecular complexity index is 368. The first-order valence-corrected chi connectivity index (χ1v) is 5.96. The molecule has 1 rings (SSSR count). The van der Waals surface area contributed by atoms with Gasteiger partial charge in [0.2, 0.25) is 0 Å². The van der Waals surface area contributed by atoms with Crippen LogP contribution in [-0.2, 0) is 9.53 Å². The number of benzene rings is 1. The van der Waals surface area contributed by atoms with Crippen molar-refractivity contribution in [3.8, 4) is 0 Å². The molecule has 1 aromatic rings. The molecule has 0 aliphatic heterocycles. The van der Waals surface area contributed by atoms with Gasteiger partial charge in [0.15, 0.2) is 0 Å². The van der Waals surface area contributed by atoms with Crippen molar-refractivity contribution in [2.24, 2.45) is 0 Å². The Labute approximate surface area is 105 Å². The van der Waals surface area contributed by atoms with E-state index in [1.54, 1.807) is 0 Å². The number of hydrogen-bond donors (Lipinski definition) is 0. The number of halogens is 1. The van der Waals surface area contributed by atoms with Crippen LogP contribution in [0.2, 0.25) is 0 Å². The van der Waals surface area contributed by atoms with Crippen LogP contribution in [0.5, 0.6) is 0 Å². The molecule has 0 spiro atoms. The Balaban J connectivity index is 2.65. The summed E-state index contributed by atoms with van der Waals surface area (Å²) in [4.78, 5) is 13.0. The molecule has 0 aliphatic carbocycles. The van der Waals surface area contributed by atoms with Crippen LogP contribution in [0.25, 0.3) is 0 Å². The summed E-state index contributed by atoms with van der Waals surface area (Å²) >= 11 is 3.30. The van der Waals surface area contributed by atoms with Crippen LogP contribution in [0.3, 0.4) is 0 Å². The largest absolute Gasteiger partial charge is 0.468 e. The third-order valence-electron chi connectivity index (χ3n) is 2.33. The first kappa shape index (κ1) is 13.0. The van der Waals surface area contributed by atoms with Crippen molar-refractivity contribution in [2.75, 3.05) is 25.6 Å². The van der Waals surface area contributed by atoms with E-state index in [0.717, 1.165) is 5.69 Å². The van der Waals surface area contributed by atoms with Crippen LogP contribution in [0.15, 0.2) is 24.3 Å². The second-order valence-corrected chi connectivity index (χ2v) is 4.82. The van der Waals surface area contributed by atoms with Crippen molar-refractivity contribution < 1.29 is 9.53 Å². The highest BCUT2D eigenvalue weighted by molar-refractivity contribution is 9.10. The van der Waals surface area contributed by atoms with Gasteiger partial charge in [0, 0.05) is 19.3 Å². The molecule has 1 unspecified atom stereocenters. The summed E-state index contributed by atoms with van der Waals surface area (Å²) in [6.45, 7) is 2.62. The van der Waals surface area contributed by atoms with Gasteiger partial charge in [-0.25, -0.2) is 0 Å². The van der Waals surface area contributed by atoms with Gasteiger partial charge in [0.05, 0.1) is 7.11 Å². The zero-order valence-corrected chi connectivity index (χ0v) is 11.3. The van der Waals surface area contributed by atoms with E-state index in [9.17, 15) is 4.79 Å². The van der Waals surface area contributed by atoms with Gasteiger partial charge >= 0.3 is 5.97 Å². The lowest BCUT2D eigenvalue weighted by Crippen LogP contribution is -2.31. The first-order chi connectivity index (χ1) is 7.54. The molecule has 1 atom stereocenters. The van der Waals surface area contributed by atoms with E-state index in [2.05, 4.69) is 26.7 Å². The molecule has 3 nitrogen and oxygen atoms in total. The average Bonchev–Trinajstić information content (AvgIpc) is 2.27. The number of carbonyl (C=O) groups excluding carboxylic acids is 1.